The molecule has 2 saturated heterocycles. The second kappa shape index (κ2) is 11.1. The van der Waals surface area contributed by atoms with Crippen LogP contribution < -0.4 is 0 Å². The number of allylic oxidation sites excluding steroid dienone is 1. The fraction of sp³-hybridized carbons (Fsp3) is 0.481. The molecule has 5 rings (SSSR count). The zero-order valence-electron chi connectivity index (χ0n) is 21.7. The topological polar surface area (TPSA) is 264 Å². The van der Waals surface area contributed by atoms with Crippen molar-refractivity contribution in [2.75, 3.05) is 13.2 Å². The summed E-state index contributed by atoms with van der Waals surface area (Å²) in [7, 11) is 0. The first-order chi connectivity index (χ1) is 19.9. The molecule has 2 fully saturated rings. The summed E-state index contributed by atoms with van der Waals surface area (Å²) in [6.45, 7) is -1.73. The van der Waals surface area contributed by atoms with Crippen LogP contribution in [0.3, 0.4) is 0 Å². The predicted octanol–water partition coefficient (Wildman–Crippen LogP) is -3.92. The molecule has 0 saturated carbocycles. The van der Waals surface area contributed by atoms with E-state index < -0.39 is 114 Å². The molecule has 0 unspecified atom stereocenters. The van der Waals surface area contributed by atoms with Crippen molar-refractivity contribution in [1.29, 1.82) is 0 Å². The van der Waals surface area contributed by atoms with Gasteiger partial charge in [-0.1, -0.05) is 18.2 Å². The van der Waals surface area contributed by atoms with E-state index in [2.05, 4.69) is 0 Å². The Hall–Kier alpha value is -3.22. The van der Waals surface area contributed by atoms with E-state index in [4.69, 9.17) is 14.2 Å². The van der Waals surface area contributed by atoms with Crippen LogP contribution in [0.25, 0.3) is 6.08 Å². The molecule has 3 heterocycles. The molecule has 1 aromatic rings. The molecule has 0 aromatic heterocycles. The van der Waals surface area contributed by atoms with Crippen LogP contribution in [-0.2, 0) is 23.8 Å². The lowest BCUT2D eigenvalue weighted by molar-refractivity contribution is -0.266. The number of benzene rings is 1. The van der Waals surface area contributed by atoms with Gasteiger partial charge in [-0.15, -0.1) is 0 Å². The zero-order valence-corrected chi connectivity index (χ0v) is 21.7. The number of aliphatic hydroxyl groups is 9. The number of phenols is 1. The lowest BCUT2D eigenvalue weighted by Crippen LogP contribution is -2.68. The summed E-state index contributed by atoms with van der Waals surface area (Å²) in [4.78, 5) is 27.3. The van der Waals surface area contributed by atoms with Crippen molar-refractivity contribution < 1.29 is 74.9 Å². The number of carbonyl (C=O) groups excluding carboxylic acids is 2. The average Bonchev–Trinajstić information content (AvgIpc) is 3.37. The molecule has 15 heteroatoms. The van der Waals surface area contributed by atoms with E-state index in [1.165, 1.54) is 30.3 Å². The molecule has 1 aliphatic carbocycles. The van der Waals surface area contributed by atoms with Crippen molar-refractivity contribution in [3.63, 3.8) is 0 Å². The minimum atomic E-state index is -3.22. The number of carbonyl (C=O) groups is 2. The van der Waals surface area contributed by atoms with Gasteiger partial charge < -0.3 is 65.3 Å². The van der Waals surface area contributed by atoms with E-state index in [9.17, 15) is 60.7 Å². The number of ketones is 2. The summed E-state index contributed by atoms with van der Waals surface area (Å²) in [5, 5.41) is 105. The first-order valence-corrected chi connectivity index (χ1v) is 12.9. The monoisotopic (exact) mass is 594 g/mol. The fourth-order valence-corrected chi connectivity index (χ4v) is 5.63. The van der Waals surface area contributed by atoms with Crippen molar-refractivity contribution in [3.8, 4) is 5.75 Å². The largest absolute Gasteiger partial charge is 0.508 e. The molecule has 0 amide bonds. The smallest absolute Gasteiger partial charge is 0.214 e. The maximum Gasteiger partial charge on any atom is 0.214 e. The minimum absolute atomic E-state index is 0.0536. The van der Waals surface area contributed by atoms with Gasteiger partial charge in [0.15, 0.2) is 11.9 Å². The quantitative estimate of drug-likeness (QED) is 0.111. The number of aromatic hydroxyl groups is 1. The molecular weight excluding hydrogens is 564 g/mol. The molecule has 42 heavy (non-hydrogen) atoms. The van der Waals surface area contributed by atoms with Gasteiger partial charge in [0.25, 0.3) is 0 Å². The van der Waals surface area contributed by atoms with E-state index in [0.717, 1.165) is 6.08 Å². The van der Waals surface area contributed by atoms with Gasteiger partial charge in [-0.05, 0) is 23.8 Å². The number of hydrogen-bond acceptors (Lipinski definition) is 15. The Balaban J connectivity index is 1.64. The third-order valence-corrected chi connectivity index (χ3v) is 7.93. The van der Waals surface area contributed by atoms with Crippen molar-refractivity contribution in [2.24, 2.45) is 0 Å². The zero-order chi connectivity index (χ0) is 30.7. The Morgan fingerprint density at radius 2 is 1.45 bits per heavy atom. The normalized spacial score (nSPS) is 40.2. The number of aliphatic hydroxyl groups excluding tert-OH is 8. The van der Waals surface area contributed by atoms with E-state index >= 15 is 0 Å². The lowest BCUT2D eigenvalue weighted by atomic mass is 9.73. The Morgan fingerprint density at radius 3 is 2.07 bits per heavy atom. The van der Waals surface area contributed by atoms with Crippen LogP contribution in [0, 0.1) is 0 Å². The van der Waals surface area contributed by atoms with Gasteiger partial charge in [0.1, 0.15) is 77.8 Å². The Bertz CT molecular complexity index is 1330. The molecule has 15 nitrogen and oxygen atoms in total. The third-order valence-electron chi connectivity index (χ3n) is 7.93. The Kier molecular flexibility index (Phi) is 8.01. The predicted molar refractivity (Wildman–Crippen MR) is 135 cm³/mol. The second-order valence-electron chi connectivity index (χ2n) is 10.4. The molecule has 228 valence electrons. The molecule has 0 spiro atoms. The molecule has 10 N–H and O–H groups in total. The van der Waals surface area contributed by atoms with Gasteiger partial charge >= 0.3 is 0 Å². The molecule has 0 bridgehead atoms. The number of fused-ring (bicyclic) bond motifs is 2. The molecule has 11 atom stereocenters. The van der Waals surface area contributed by atoms with Gasteiger partial charge in [0, 0.05) is 0 Å². The van der Waals surface area contributed by atoms with Gasteiger partial charge in [-0.25, -0.2) is 0 Å². The number of Topliss-reactive ketones (excluding diaryl/α,β-unsaturated/α-hetero) is 1. The van der Waals surface area contributed by atoms with Gasteiger partial charge in [0.2, 0.25) is 11.4 Å². The van der Waals surface area contributed by atoms with E-state index in [0.29, 0.717) is 5.56 Å². The van der Waals surface area contributed by atoms with Crippen molar-refractivity contribution in [2.45, 2.75) is 66.6 Å². The minimum Gasteiger partial charge on any atom is -0.508 e. The first-order valence-electron chi connectivity index (χ1n) is 12.9. The van der Waals surface area contributed by atoms with Crippen LogP contribution in [0.15, 0.2) is 53.0 Å². The van der Waals surface area contributed by atoms with Crippen LogP contribution in [0.5, 0.6) is 5.75 Å². The number of rotatable bonds is 6. The molecule has 4 aliphatic rings. The third kappa shape index (κ3) is 4.55. The standard InChI is InChI=1S/C27H30O15/c28-7-12-17(33)20(36)23-22(40-12)15-18(34)14(11(31)6-3-9-1-4-10(30)5-2-9)24(38)27(39,25(15)42-23)26-21(37)19(35)16(32)13(8-29)41-26/h1-6,12-13,16-17,19-23,26,28-30,32-37,39H,7-8H2/t12-,13-,16-,17-,19+,20+,21-,22-,23-,26+,27+/m1/s1. The van der Waals surface area contributed by atoms with Crippen LogP contribution in [-0.4, -0.2) is 142 Å². The van der Waals surface area contributed by atoms with E-state index in [1.54, 1.807) is 0 Å². The van der Waals surface area contributed by atoms with Gasteiger partial charge in [0.05, 0.1) is 18.8 Å². The first kappa shape index (κ1) is 30.2. The highest BCUT2D eigenvalue weighted by Gasteiger charge is 2.67. The summed E-state index contributed by atoms with van der Waals surface area (Å²) in [6.07, 6.45) is -16.0. The summed E-state index contributed by atoms with van der Waals surface area (Å²) in [6, 6.07) is 5.53. The molecule has 3 aliphatic heterocycles. The maximum absolute atomic E-state index is 13.9. The van der Waals surface area contributed by atoms with Gasteiger partial charge in [-0.2, -0.15) is 0 Å². The van der Waals surface area contributed by atoms with Crippen LogP contribution in [0.4, 0.5) is 0 Å². The average molecular weight is 595 g/mol. The van der Waals surface area contributed by atoms with E-state index in [1.807, 2.05) is 0 Å². The second-order valence-corrected chi connectivity index (χ2v) is 10.4. The van der Waals surface area contributed by atoms with Crippen LogP contribution in [0.2, 0.25) is 0 Å². The van der Waals surface area contributed by atoms with Gasteiger partial charge in [-0.3, -0.25) is 9.59 Å². The van der Waals surface area contributed by atoms with Crippen molar-refractivity contribution >= 4 is 17.6 Å². The highest BCUT2D eigenvalue weighted by atomic mass is 16.6. The molecule has 0 radical (unpaired) electrons. The number of ether oxygens (including phenoxy) is 3. The highest BCUT2D eigenvalue weighted by Crippen LogP contribution is 2.50. The van der Waals surface area contributed by atoms with Crippen molar-refractivity contribution in [1.82, 2.24) is 0 Å². The van der Waals surface area contributed by atoms with E-state index in [-0.39, 0.29) is 5.75 Å². The summed E-state index contributed by atoms with van der Waals surface area (Å²) in [5.41, 5.74) is -4.38. The Morgan fingerprint density at radius 1 is 0.857 bits per heavy atom. The number of hydrogen-bond donors (Lipinski definition) is 10. The van der Waals surface area contributed by atoms with Crippen LogP contribution >= 0.6 is 0 Å². The summed E-state index contributed by atoms with van der Waals surface area (Å²) < 4.78 is 16.7. The number of phenolic OH excluding ortho intramolecular Hbond substituents is 1. The SMILES string of the molecule is O=C(C=Cc1ccc(O)cc1)C1=C(O)C2=C(O[C@@H]3[C@@H](O)[C@H](O)[C@@H](CO)O[C@H]23)[C@](O)([C@H]2O[C@H](CO)[C@@H](O)[C@H](O)[C@H]2O)C1=O. The maximum atomic E-state index is 13.9. The van der Waals surface area contributed by atoms with Crippen LogP contribution in [0.1, 0.15) is 5.56 Å². The van der Waals surface area contributed by atoms with Crippen molar-refractivity contribution in [3.05, 3.63) is 58.6 Å². The highest BCUT2D eigenvalue weighted by molar-refractivity contribution is 6.29. The Labute approximate surface area is 237 Å². The fourth-order valence-electron chi connectivity index (χ4n) is 5.63. The molecular formula is C27H30O15. The molecule has 1 aromatic carbocycles. The summed E-state index contributed by atoms with van der Waals surface area (Å²) in [5.74, 6) is -4.64. The lowest BCUT2D eigenvalue weighted by Gasteiger charge is -2.47. The summed E-state index contributed by atoms with van der Waals surface area (Å²) >= 11 is 0.